The smallest absolute Gasteiger partial charge is 0.335 e. The van der Waals surface area contributed by atoms with Gasteiger partial charge in [0.25, 0.3) is 0 Å². The van der Waals surface area contributed by atoms with Gasteiger partial charge in [0.1, 0.15) is 0 Å². The Kier molecular flexibility index (Phi) is 5.40. The first-order chi connectivity index (χ1) is 9.70. The van der Waals surface area contributed by atoms with E-state index in [2.05, 4.69) is 6.58 Å². The van der Waals surface area contributed by atoms with Crippen molar-refractivity contribution in [3.05, 3.63) is 48.0 Å². The standard InChI is InChI=1S/C18H24O2/c1-2-3-4-5-14-6-8-15(9-7-14)16-10-12-17(13-11-16)18(19)20/h2,10-15H,1,3-9H2,(H,19,20). The van der Waals surface area contributed by atoms with Crippen molar-refractivity contribution < 1.29 is 9.90 Å². The van der Waals surface area contributed by atoms with E-state index in [0.717, 1.165) is 12.3 Å². The van der Waals surface area contributed by atoms with Crippen LogP contribution in [-0.2, 0) is 0 Å². The summed E-state index contributed by atoms with van der Waals surface area (Å²) >= 11 is 0. The number of benzene rings is 1. The van der Waals surface area contributed by atoms with Gasteiger partial charge in [-0.3, -0.25) is 0 Å². The van der Waals surface area contributed by atoms with Gasteiger partial charge in [0.15, 0.2) is 0 Å². The number of carboxylic acid groups (broad SMARTS) is 1. The number of carboxylic acids is 1. The summed E-state index contributed by atoms with van der Waals surface area (Å²) < 4.78 is 0. The molecule has 1 aromatic rings. The second kappa shape index (κ2) is 7.28. The van der Waals surface area contributed by atoms with E-state index in [4.69, 9.17) is 5.11 Å². The van der Waals surface area contributed by atoms with Gasteiger partial charge in [-0.05, 0) is 68.1 Å². The van der Waals surface area contributed by atoms with Gasteiger partial charge in [0, 0.05) is 0 Å². The molecule has 1 aromatic carbocycles. The SMILES string of the molecule is C=CCCCC1CCC(c2ccc(C(=O)O)cc2)CC1. The Hall–Kier alpha value is -1.57. The summed E-state index contributed by atoms with van der Waals surface area (Å²) in [4.78, 5) is 10.8. The van der Waals surface area contributed by atoms with Crippen LogP contribution in [0.5, 0.6) is 0 Å². The van der Waals surface area contributed by atoms with E-state index in [0.29, 0.717) is 11.5 Å². The molecule has 2 rings (SSSR count). The molecule has 0 aromatic heterocycles. The monoisotopic (exact) mass is 272 g/mol. The maximum atomic E-state index is 10.8. The molecule has 1 saturated carbocycles. The summed E-state index contributed by atoms with van der Waals surface area (Å²) in [5.41, 5.74) is 1.69. The number of rotatable bonds is 6. The summed E-state index contributed by atoms with van der Waals surface area (Å²) in [6, 6.07) is 7.44. The van der Waals surface area contributed by atoms with E-state index in [9.17, 15) is 4.79 Å². The molecular formula is C18H24O2. The van der Waals surface area contributed by atoms with Crippen LogP contribution in [-0.4, -0.2) is 11.1 Å². The van der Waals surface area contributed by atoms with Crippen molar-refractivity contribution in [1.29, 1.82) is 0 Å². The number of unbranched alkanes of at least 4 members (excludes halogenated alkanes) is 1. The molecule has 0 bridgehead atoms. The highest BCUT2D eigenvalue weighted by atomic mass is 16.4. The van der Waals surface area contributed by atoms with Crippen molar-refractivity contribution in [2.24, 2.45) is 5.92 Å². The largest absolute Gasteiger partial charge is 0.478 e. The summed E-state index contributed by atoms with van der Waals surface area (Å²) in [6.07, 6.45) is 10.8. The molecule has 0 heterocycles. The third-order valence-electron chi connectivity index (χ3n) is 4.50. The predicted octanol–water partition coefficient (Wildman–Crippen LogP) is 5.01. The van der Waals surface area contributed by atoms with Crippen LogP contribution < -0.4 is 0 Å². The van der Waals surface area contributed by atoms with Crippen molar-refractivity contribution in [1.82, 2.24) is 0 Å². The van der Waals surface area contributed by atoms with Gasteiger partial charge in [0.05, 0.1) is 5.56 Å². The van der Waals surface area contributed by atoms with Crippen LogP contribution >= 0.6 is 0 Å². The van der Waals surface area contributed by atoms with Gasteiger partial charge in [-0.1, -0.05) is 24.6 Å². The Morgan fingerprint density at radius 3 is 2.40 bits per heavy atom. The topological polar surface area (TPSA) is 37.3 Å². The van der Waals surface area contributed by atoms with Crippen LogP contribution in [0.4, 0.5) is 0 Å². The lowest BCUT2D eigenvalue weighted by atomic mass is 9.77. The molecule has 1 aliphatic carbocycles. The van der Waals surface area contributed by atoms with E-state index in [-0.39, 0.29) is 0 Å². The molecule has 0 saturated heterocycles. The van der Waals surface area contributed by atoms with Crippen molar-refractivity contribution in [2.75, 3.05) is 0 Å². The molecule has 0 amide bonds. The second-order valence-corrected chi connectivity index (χ2v) is 5.86. The average Bonchev–Trinajstić information content (AvgIpc) is 2.48. The molecule has 0 spiro atoms. The van der Waals surface area contributed by atoms with Crippen LogP contribution in [0.1, 0.15) is 66.8 Å². The molecule has 20 heavy (non-hydrogen) atoms. The molecule has 0 radical (unpaired) electrons. The molecule has 1 fully saturated rings. The zero-order chi connectivity index (χ0) is 14.4. The highest BCUT2D eigenvalue weighted by Crippen LogP contribution is 2.37. The Labute approximate surface area is 121 Å². The van der Waals surface area contributed by atoms with Crippen LogP contribution in [0.3, 0.4) is 0 Å². The molecule has 1 aliphatic rings. The van der Waals surface area contributed by atoms with E-state index in [1.165, 1.54) is 44.1 Å². The zero-order valence-electron chi connectivity index (χ0n) is 12.1. The summed E-state index contributed by atoms with van der Waals surface area (Å²) in [7, 11) is 0. The van der Waals surface area contributed by atoms with Gasteiger partial charge >= 0.3 is 5.97 Å². The fourth-order valence-electron chi connectivity index (χ4n) is 3.23. The summed E-state index contributed by atoms with van der Waals surface area (Å²) in [5.74, 6) is 0.653. The van der Waals surface area contributed by atoms with E-state index >= 15 is 0 Å². The van der Waals surface area contributed by atoms with Crippen LogP contribution in [0, 0.1) is 5.92 Å². The van der Waals surface area contributed by atoms with Crippen molar-refractivity contribution in [3.8, 4) is 0 Å². The average molecular weight is 272 g/mol. The molecular weight excluding hydrogens is 248 g/mol. The summed E-state index contributed by atoms with van der Waals surface area (Å²) in [6.45, 7) is 3.77. The van der Waals surface area contributed by atoms with Gasteiger partial charge in [-0.15, -0.1) is 6.58 Å². The minimum Gasteiger partial charge on any atom is -0.478 e. The van der Waals surface area contributed by atoms with E-state index < -0.39 is 5.97 Å². The number of hydrogen-bond donors (Lipinski definition) is 1. The lowest BCUT2D eigenvalue weighted by molar-refractivity contribution is 0.0697. The molecule has 0 atom stereocenters. The van der Waals surface area contributed by atoms with Gasteiger partial charge in [-0.2, -0.15) is 0 Å². The Morgan fingerprint density at radius 2 is 1.85 bits per heavy atom. The molecule has 108 valence electrons. The molecule has 0 unspecified atom stereocenters. The third kappa shape index (κ3) is 3.96. The molecule has 2 heteroatoms. The highest BCUT2D eigenvalue weighted by molar-refractivity contribution is 5.87. The number of hydrogen-bond acceptors (Lipinski definition) is 1. The van der Waals surface area contributed by atoms with Gasteiger partial charge < -0.3 is 5.11 Å². The van der Waals surface area contributed by atoms with Crippen LogP contribution in [0.2, 0.25) is 0 Å². The van der Waals surface area contributed by atoms with E-state index in [1.807, 2.05) is 18.2 Å². The Morgan fingerprint density at radius 1 is 1.20 bits per heavy atom. The Bertz CT molecular complexity index is 439. The third-order valence-corrected chi connectivity index (χ3v) is 4.50. The molecule has 0 aliphatic heterocycles. The van der Waals surface area contributed by atoms with Gasteiger partial charge in [0.2, 0.25) is 0 Å². The fraction of sp³-hybridized carbons (Fsp3) is 0.500. The maximum Gasteiger partial charge on any atom is 0.335 e. The van der Waals surface area contributed by atoms with Crippen LogP contribution in [0.15, 0.2) is 36.9 Å². The van der Waals surface area contributed by atoms with E-state index in [1.54, 1.807) is 12.1 Å². The maximum absolute atomic E-state index is 10.8. The quantitative estimate of drug-likeness (QED) is 0.583. The Balaban J connectivity index is 1.84. The molecule has 1 N–H and O–H groups in total. The van der Waals surface area contributed by atoms with Crippen molar-refractivity contribution >= 4 is 5.97 Å². The predicted molar refractivity (Wildman–Crippen MR) is 82.1 cm³/mol. The first kappa shape index (κ1) is 14.8. The minimum absolute atomic E-state index is 0.381. The van der Waals surface area contributed by atoms with Crippen molar-refractivity contribution in [2.45, 2.75) is 50.9 Å². The zero-order valence-corrected chi connectivity index (χ0v) is 12.1. The highest BCUT2D eigenvalue weighted by Gasteiger charge is 2.22. The number of allylic oxidation sites excluding steroid dienone is 1. The van der Waals surface area contributed by atoms with Crippen LogP contribution in [0.25, 0.3) is 0 Å². The first-order valence-electron chi connectivity index (χ1n) is 7.65. The second-order valence-electron chi connectivity index (χ2n) is 5.86. The fourth-order valence-corrected chi connectivity index (χ4v) is 3.23. The molecule has 2 nitrogen and oxygen atoms in total. The first-order valence-corrected chi connectivity index (χ1v) is 7.65. The lowest BCUT2D eigenvalue weighted by Gasteiger charge is -2.28. The number of carbonyl (C=O) groups is 1. The van der Waals surface area contributed by atoms with Crippen molar-refractivity contribution in [3.63, 3.8) is 0 Å². The minimum atomic E-state index is -0.845. The number of aromatic carboxylic acids is 1. The normalized spacial score (nSPS) is 22.4. The lowest BCUT2D eigenvalue weighted by Crippen LogP contribution is -2.13. The van der Waals surface area contributed by atoms with Gasteiger partial charge in [-0.25, -0.2) is 4.79 Å². The summed E-state index contributed by atoms with van der Waals surface area (Å²) in [5, 5.41) is 8.92.